The van der Waals surface area contributed by atoms with E-state index in [-0.39, 0.29) is 35.4 Å². The maximum atomic E-state index is 15.1. The topological polar surface area (TPSA) is 99.3 Å². The van der Waals surface area contributed by atoms with Gasteiger partial charge in [-0.2, -0.15) is 0 Å². The maximum Gasteiger partial charge on any atom is 0.262 e. The van der Waals surface area contributed by atoms with E-state index in [4.69, 9.17) is 4.74 Å². The third-order valence-electron chi connectivity index (χ3n) is 8.65. The van der Waals surface area contributed by atoms with Crippen molar-refractivity contribution in [1.82, 2.24) is 20.0 Å². The van der Waals surface area contributed by atoms with Gasteiger partial charge in [-0.15, -0.1) is 0 Å². The molecule has 4 aliphatic rings. The zero-order chi connectivity index (χ0) is 28.9. The van der Waals surface area contributed by atoms with Crippen LogP contribution in [-0.2, 0) is 33.7 Å². The number of fused-ring (bicyclic) bond motifs is 1. The van der Waals surface area contributed by atoms with Crippen molar-refractivity contribution in [3.8, 4) is 0 Å². The molecule has 0 aromatic heterocycles. The van der Waals surface area contributed by atoms with E-state index in [9.17, 15) is 19.2 Å². The van der Waals surface area contributed by atoms with Gasteiger partial charge in [0, 0.05) is 45.2 Å². The highest BCUT2D eigenvalue weighted by atomic mass is 19.1. The van der Waals surface area contributed by atoms with Crippen LogP contribution in [0.5, 0.6) is 0 Å². The molecule has 0 aliphatic carbocycles. The van der Waals surface area contributed by atoms with Crippen molar-refractivity contribution in [3.05, 3.63) is 70.0 Å². The van der Waals surface area contributed by atoms with Crippen LogP contribution < -0.4 is 5.32 Å². The number of hydrogen-bond acceptors (Lipinski definition) is 7. The average Bonchev–Trinajstić information content (AvgIpc) is 3.15. The summed E-state index contributed by atoms with van der Waals surface area (Å²) in [6.07, 6.45) is 0.898. The molecule has 4 aliphatic heterocycles. The van der Waals surface area contributed by atoms with Crippen LogP contribution in [0.4, 0.5) is 4.39 Å². The molecule has 0 saturated carbocycles. The largest absolute Gasteiger partial charge is 0.373 e. The van der Waals surface area contributed by atoms with Gasteiger partial charge in [0.25, 0.3) is 11.8 Å². The minimum absolute atomic E-state index is 0.0660. The number of halogens is 1. The van der Waals surface area contributed by atoms with E-state index >= 15 is 4.39 Å². The Morgan fingerprint density at radius 2 is 1.80 bits per heavy atom. The summed E-state index contributed by atoms with van der Waals surface area (Å²) in [6.45, 7) is 9.49. The SMILES string of the molecule is CC1(C)CN(C2CN(Cc3ccc(CCc4cccc5c4C(=O)N(C4CCC(=O)NC4=O)C5=O)c(F)c3)C2)CCO1. The Balaban J connectivity index is 1.07. The third-order valence-corrected chi connectivity index (χ3v) is 8.65. The van der Waals surface area contributed by atoms with Crippen LogP contribution >= 0.6 is 0 Å². The van der Waals surface area contributed by atoms with Crippen LogP contribution in [0.3, 0.4) is 0 Å². The lowest BCUT2D eigenvalue weighted by Gasteiger charge is -2.49. The first-order chi connectivity index (χ1) is 19.6. The number of imide groups is 2. The lowest BCUT2D eigenvalue weighted by molar-refractivity contribution is -0.136. The number of amides is 4. The molecule has 10 heteroatoms. The number of rotatable bonds is 7. The highest BCUT2D eigenvalue weighted by Crippen LogP contribution is 2.31. The first-order valence-electron chi connectivity index (χ1n) is 14.3. The zero-order valence-electron chi connectivity index (χ0n) is 23.5. The molecular weight excluding hydrogens is 527 g/mol. The van der Waals surface area contributed by atoms with Gasteiger partial charge in [-0.05, 0) is 61.9 Å². The molecule has 6 rings (SSSR count). The molecular formula is C31H35FN4O5. The standard InChI is InChI=1S/C31H35FN4O5/c1-31(2)18-35(12-13-41-31)22-16-34(17-22)15-19-6-7-20(24(32)14-19)8-9-21-4-3-5-23-27(21)30(40)36(29(23)39)25-10-11-26(37)33-28(25)38/h3-7,14,22,25H,8-13,15-18H2,1-2H3,(H,33,37,38). The predicted octanol–water partition coefficient (Wildman–Crippen LogP) is 2.31. The number of aryl methyl sites for hydroxylation is 2. The summed E-state index contributed by atoms with van der Waals surface area (Å²) in [5, 5.41) is 2.21. The first-order valence-corrected chi connectivity index (χ1v) is 14.3. The quantitative estimate of drug-likeness (QED) is 0.517. The summed E-state index contributed by atoms with van der Waals surface area (Å²) in [6, 6.07) is 9.88. The number of likely N-dealkylation sites (tertiary alicyclic amines) is 1. The average molecular weight is 563 g/mol. The van der Waals surface area contributed by atoms with E-state index in [1.54, 1.807) is 30.3 Å². The number of piperidine rings is 1. The fraction of sp³-hybridized carbons (Fsp3) is 0.484. The molecule has 4 heterocycles. The zero-order valence-corrected chi connectivity index (χ0v) is 23.5. The van der Waals surface area contributed by atoms with Gasteiger partial charge >= 0.3 is 0 Å². The van der Waals surface area contributed by atoms with Crippen molar-refractivity contribution in [2.75, 3.05) is 32.8 Å². The Hall–Kier alpha value is -3.47. The Kier molecular flexibility index (Phi) is 7.25. The fourth-order valence-corrected chi connectivity index (χ4v) is 6.48. The van der Waals surface area contributed by atoms with E-state index in [2.05, 4.69) is 29.0 Å². The lowest BCUT2D eigenvalue weighted by atomic mass is 9.96. The molecule has 216 valence electrons. The highest BCUT2D eigenvalue weighted by molar-refractivity contribution is 6.24. The van der Waals surface area contributed by atoms with Crippen molar-refractivity contribution in [2.45, 2.75) is 63.8 Å². The van der Waals surface area contributed by atoms with Crippen LogP contribution in [0.25, 0.3) is 0 Å². The number of hydrogen-bond donors (Lipinski definition) is 1. The summed E-state index contributed by atoms with van der Waals surface area (Å²) in [5.74, 6) is -2.42. The Morgan fingerprint density at radius 1 is 1.02 bits per heavy atom. The lowest BCUT2D eigenvalue weighted by Crippen LogP contribution is -2.63. The molecule has 9 nitrogen and oxygen atoms in total. The van der Waals surface area contributed by atoms with Gasteiger partial charge < -0.3 is 4.74 Å². The van der Waals surface area contributed by atoms with Crippen LogP contribution in [0.2, 0.25) is 0 Å². The molecule has 1 N–H and O–H groups in total. The van der Waals surface area contributed by atoms with E-state index in [1.165, 1.54) is 0 Å². The summed E-state index contributed by atoms with van der Waals surface area (Å²) in [4.78, 5) is 56.1. The number of carbonyl (C=O) groups excluding carboxylic acids is 4. The maximum absolute atomic E-state index is 15.1. The van der Waals surface area contributed by atoms with E-state index < -0.39 is 29.7 Å². The van der Waals surface area contributed by atoms with Gasteiger partial charge in [-0.3, -0.25) is 39.2 Å². The van der Waals surface area contributed by atoms with Gasteiger partial charge in [0.1, 0.15) is 11.9 Å². The molecule has 1 unspecified atom stereocenters. The van der Waals surface area contributed by atoms with Gasteiger partial charge in [0.05, 0.1) is 23.3 Å². The first kappa shape index (κ1) is 27.7. The van der Waals surface area contributed by atoms with Crippen molar-refractivity contribution >= 4 is 23.6 Å². The highest BCUT2D eigenvalue weighted by Gasteiger charge is 2.45. The van der Waals surface area contributed by atoms with Gasteiger partial charge in [0.2, 0.25) is 11.8 Å². The minimum atomic E-state index is -1.01. The second-order valence-corrected chi connectivity index (χ2v) is 12.1. The van der Waals surface area contributed by atoms with Crippen LogP contribution in [0, 0.1) is 5.82 Å². The van der Waals surface area contributed by atoms with Crippen LogP contribution in [0.15, 0.2) is 36.4 Å². The summed E-state index contributed by atoms with van der Waals surface area (Å²) >= 11 is 0. The van der Waals surface area contributed by atoms with E-state index in [0.717, 1.165) is 43.2 Å². The number of nitrogens with zero attached hydrogens (tertiary/aromatic N) is 3. The smallest absolute Gasteiger partial charge is 0.262 e. The predicted molar refractivity (Wildman–Crippen MR) is 148 cm³/mol. The van der Waals surface area contributed by atoms with Crippen LogP contribution in [0.1, 0.15) is 64.1 Å². The summed E-state index contributed by atoms with van der Waals surface area (Å²) in [5.41, 5.74) is 2.48. The Bertz CT molecular complexity index is 1420. The second kappa shape index (κ2) is 10.7. The molecule has 0 spiro atoms. The molecule has 0 bridgehead atoms. The second-order valence-electron chi connectivity index (χ2n) is 12.1. The Labute approximate surface area is 238 Å². The summed E-state index contributed by atoms with van der Waals surface area (Å²) < 4.78 is 21.0. The van der Waals surface area contributed by atoms with Gasteiger partial charge in [-0.25, -0.2) is 4.39 Å². The number of carbonyl (C=O) groups is 4. The van der Waals surface area contributed by atoms with Crippen LogP contribution in [-0.4, -0.2) is 88.8 Å². The molecule has 3 fully saturated rings. The van der Waals surface area contributed by atoms with E-state index in [0.29, 0.717) is 36.6 Å². The third kappa shape index (κ3) is 5.43. The number of morpholine rings is 1. The molecule has 2 aromatic rings. The van der Waals surface area contributed by atoms with Crippen molar-refractivity contribution in [1.29, 1.82) is 0 Å². The fourth-order valence-electron chi connectivity index (χ4n) is 6.48. The van der Waals surface area contributed by atoms with Crippen molar-refractivity contribution in [2.24, 2.45) is 0 Å². The monoisotopic (exact) mass is 562 g/mol. The normalized spacial score (nSPS) is 23.5. The van der Waals surface area contributed by atoms with Crippen molar-refractivity contribution in [3.63, 3.8) is 0 Å². The van der Waals surface area contributed by atoms with Gasteiger partial charge in [0.15, 0.2) is 0 Å². The molecule has 0 radical (unpaired) electrons. The van der Waals surface area contributed by atoms with E-state index in [1.807, 2.05) is 6.07 Å². The van der Waals surface area contributed by atoms with Crippen molar-refractivity contribution < 1.29 is 28.3 Å². The Morgan fingerprint density at radius 3 is 2.54 bits per heavy atom. The number of nitrogens with one attached hydrogen (secondary N) is 1. The molecule has 1 atom stereocenters. The molecule has 3 saturated heterocycles. The van der Waals surface area contributed by atoms with Gasteiger partial charge in [-0.1, -0.05) is 24.3 Å². The molecule has 2 aromatic carbocycles. The minimum Gasteiger partial charge on any atom is -0.373 e. The molecule has 41 heavy (non-hydrogen) atoms. The molecule has 4 amide bonds. The number of benzene rings is 2. The number of ether oxygens (including phenoxy) is 1. The summed E-state index contributed by atoms with van der Waals surface area (Å²) in [7, 11) is 0.